The van der Waals surface area contributed by atoms with Crippen LogP contribution in [0.2, 0.25) is 0 Å². The van der Waals surface area contributed by atoms with Crippen molar-refractivity contribution in [3.8, 4) is 6.07 Å². The molecular formula is C13H23N2+. The molecule has 0 aliphatic carbocycles. The van der Waals surface area contributed by atoms with E-state index in [0.29, 0.717) is 0 Å². The zero-order valence-corrected chi connectivity index (χ0v) is 10.4. The summed E-state index contributed by atoms with van der Waals surface area (Å²) in [4.78, 5) is 3.75. The monoisotopic (exact) mass is 207 g/mol. The lowest BCUT2D eigenvalue weighted by atomic mass is 9.93. The molecule has 0 aromatic rings. The van der Waals surface area contributed by atoms with E-state index in [1.807, 2.05) is 12.2 Å². The first kappa shape index (κ1) is 13.8. The second kappa shape index (κ2) is 9.33. The Balaban J connectivity index is 4.21. The minimum Gasteiger partial charge on any atom is -0.0837 e. The van der Waals surface area contributed by atoms with Gasteiger partial charge in [0.05, 0.1) is 18.1 Å². The molecule has 0 amide bonds. The first-order chi connectivity index (χ1) is 7.26. The second-order valence-electron chi connectivity index (χ2n) is 3.63. The summed E-state index contributed by atoms with van der Waals surface area (Å²) < 4.78 is 0. The number of hydrogen-bond donors (Lipinski definition) is 1. The van der Waals surface area contributed by atoms with Crippen molar-refractivity contribution in [2.75, 3.05) is 7.05 Å². The van der Waals surface area contributed by atoms with Crippen LogP contribution in [0.15, 0.2) is 23.8 Å². The van der Waals surface area contributed by atoms with E-state index in [0.717, 1.165) is 5.92 Å². The maximum atomic E-state index is 3.75. The van der Waals surface area contributed by atoms with Gasteiger partial charge in [-0.25, -0.2) is 0 Å². The molecule has 0 aromatic carbocycles. The highest BCUT2D eigenvalue weighted by atomic mass is 15.2. The van der Waals surface area contributed by atoms with Crippen LogP contribution in [-0.4, -0.2) is 7.05 Å². The molecule has 0 saturated carbocycles. The van der Waals surface area contributed by atoms with Gasteiger partial charge >= 0.3 is 6.07 Å². The quantitative estimate of drug-likeness (QED) is 0.412. The van der Waals surface area contributed by atoms with Gasteiger partial charge in [-0.1, -0.05) is 37.3 Å². The van der Waals surface area contributed by atoms with Gasteiger partial charge in [0.15, 0.2) is 0 Å². The summed E-state index contributed by atoms with van der Waals surface area (Å²) >= 11 is 0. The highest BCUT2D eigenvalue weighted by molar-refractivity contribution is 5.19. The predicted molar refractivity (Wildman–Crippen MR) is 67.9 cm³/mol. The summed E-state index contributed by atoms with van der Waals surface area (Å²) in [5.74, 6) is 0.723. The van der Waals surface area contributed by atoms with Crippen molar-refractivity contribution in [3.63, 3.8) is 0 Å². The molecule has 0 saturated heterocycles. The molecule has 0 aliphatic rings. The van der Waals surface area contributed by atoms with Crippen LogP contribution in [0.1, 0.15) is 40.0 Å². The Hall–Kier alpha value is -1.23. The van der Waals surface area contributed by atoms with Crippen LogP contribution in [0.4, 0.5) is 0 Å². The molecule has 0 aromatic heterocycles. The second-order valence-corrected chi connectivity index (χ2v) is 3.63. The van der Waals surface area contributed by atoms with Gasteiger partial charge in [-0.2, -0.15) is 0 Å². The SMILES string of the molecule is CCCC(CC)C(C)=CC=CC#[N+]NC. The fourth-order valence-electron chi connectivity index (χ4n) is 1.58. The number of nitrogens with one attached hydrogen (secondary N) is 1. The molecule has 0 aliphatic heterocycles. The van der Waals surface area contributed by atoms with Crippen LogP contribution < -0.4 is 5.43 Å². The zero-order valence-electron chi connectivity index (χ0n) is 10.4. The maximum absolute atomic E-state index is 3.75. The molecule has 0 spiro atoms. The first-order valence-corrected chi connectivity index (χ1v) is 5.71. The van der Waals surface area contributed by atoms with Crippen molar-refractivity contribution in [2.45, 2.75) is 40.0 Å². The third kappa shape index (κ3) is 6.79. The summed E-state index contributed by atoms with van der Waals surface area (Å²) in [6.45, 7) is 6.68. The van der Waals surface area contributed by atoms with Gasteiger partial charge in [0.2, 0.25) is 0 Å². The molecule has 0 radical (unpaired) electrons. The molecule has 0 bridgehead atoms. The van der Waals surface area contributed by atoms with Crippen molar-refractivity contribution >= 4 is 0 Å². The van der Waals surface area contributed by atoms with Crippen LogP contribution in [0.3, 0.4) is 0 Å². The Morgan fingerprint density at radius 2 is 2.20 bits per heavy atom. The topological polar surface area (TPSA) is 16.4 Å². The standard InChI is InChI=1S/C13H23N2/c1-5-9-13(6-2)12(3)10-7-8-11-15-14-4/h7-8,10,13-14H,5-6,9H2,1-4H3/q+1. The molecule has 0 fully saturated rings. The number of hydrogen-bond acceptors (Lipinski definition) is 1. The fourth-order valence-corrected chi connectivity index (χ4v) is 1.58. The Bertz CT molecular complexity index is 266. The predicted octanol–water partition coefficient (Wildman–Crippen LogP) is 3.78. The number of nitrogens with zero attached hydrogens (tertiary/aromatic N) is 1. The smallest absolute Gasteiger partial charge is 0.0837 e. The van der Waals surface area contributed by atoms with Gasteiger partial charge in [-0.3, -0.25) is 0 Å². The van der Waals surface area contributed by atoms with Crippen molar-refractivity contribution in [2.24, 2.45) is 5.92 Å². The third-order valence-corrected chi connectivity index (χ3v) is 2.48. The van der Waals surface area contributed by atoms with Gasteiger partial charge in [-0.15, -0.1) is 0 Å². The molecule has 1 N–H and O–H groups in total. The van der Waals surface area contributed by atoms with Crippen molar-refractivity contribution < 1.29 is 0 Å². The van der Waals surface area contributed by atoms with Gasteiger partial charge < -0.3 is 0 Å². The Labute approximate surface area is 93.9 Å². The van der Waals surface area contributed by atoms with Gasteiger partial charge in [-0.05, 0) is 31.8 Å². The van der Waals surface area contributed by atoms with Crippen molar-refractivity contribution in [3.05, 3.63) is 28.8 Å². The average Bonchev–Trinajstić information content (AvgIpc) is 2.25. The lowest BCUT2D eigenvalue weighted by Gasteiger charge is -2.13. The van der Waals surface area contributed by atoms with E-state index in [4.69, 9.17) is 0 Å². The molecule has 0 rings (SSSR count). The Morgan fingerprint density at radius 3 is 2.73 bits per heavy atom. The van der Waals surface area contributed by atoms with E-state index in [9.17, 15) is 0 Å². The normalized spacial score (nSPS) is 13.5. The van der Waals surface area contributed by atoms with E-state index in [2.05, 4.69) is 43.3 Å². The zero-order chi connectivity index (χ0) is 11.5. The van der Waals surface area contributed by atoms with Crippen molar-refractivity contribution in [1.29, 1.82) is 0 Å². The van der Waals surface area contributed by atoms with E-state index >= 15 is 0 Å². The minimum absolute atomic E-state index is 0.723. The number of allylic oxidation sites excluding steroid dienone is 4. The van der Waals surface area contributed by atoms with E-state index in [-0.39, 0.29) is 0 Å². The van der Waals surface area contributed by atoms with E-state index in [1.54, 1.807) is 7.05 Å². The lowest BCUT2D eigenvalue weighted by Crippen LogP contribution is -1.99. The minimum atomic E-state index is 0.723. The summed E-state index contributed by atoms with van der Waals surface area (Å²) in [5.41, 5.74) is 4.10. The third-order valence-electron chi connectivity index (χ3n) is 2.48. The van der Waals surface area contributed by atoms with Crippen LogP contribution in [-0.2, 0) is 0 Å². The molecule has 2 heteroatoms. The van der Waals surface area contributed by atoms with Crippen LogP contribution in [0.5, 0.6) is 0 Å². The highest BCUT2D eigenvalue weighted by Gasteiger charge is 2.05. The Kier molecular flexibility index (Phi) is 8.56. The first-order valence-electron chi connectivity index (χ1n) is 5.71. The highest BCUT2D eigenvalue weighted by Crippen LogP contribution is 2.19. The summed E-state index contributed by atoms with van der Waals surface area (Å²) in [6.07, 6.45) is 9.72. The molecule has 15 heavy (non-hydrogen) atoms. The lowest BCUT2D eigenvalue weighted by molar-refractivity contribution is 0.534. The molecule has 84 valence electrons. The largest absolute Gasteiger partial charge is 0.349 e. The van der Waals surface area contributed by atoms with E-state index < -0.39 is 0 Å². The van der Waals surface area contributed by atoms with Crippen LogP contribution >= 0.6 is 0 Å². The van der Waals surface area contributed by atoms with Gasteiger partial charge in [0.25, 0.3) is 0 Å². The molecule has 0 heterocycles. The molecular weight excluding hydrogens is 184 g/mol. The van der Waals surface area contributed by atoms with Crippen molar-refractivity contribution in [1.82, 2.24) is 5.43 Å². The number of rotatable bonds is 5. The molecule has 1 unspecified atom stereocenters. The fraction of sp³-hybridized carbons (Fsp3) is 0.615. The molecule has 2 nitrogen and oxygen atoms in total. The summed E-state index contributed by atoms with van der Waals surface area (Å²) in [7, 11) is 1.76. The van der Waals surface area contributed by atoms with Gasteiger partial charge in [0.1, 0.15) is 0 Å². The van der Waals surface area contributed by atoms with Crippen LogP contribution in [0.25, 0.3) is 4.95 Å². The van der Waals surface area contributed by atoms with E-state index in [1.165, 1.54) is 24.8 Å². The van der Waals surface area contributed by atoms with Gasteiger partial charge in [0, 0.05) is 0 Å². The molecule has 1 atom stereocenters. The van der Waals surface area contributed by atoms with Crippen LogP contribution in [0, 0.1) is 12.0 Å². The Morgan fingerprint density at radius 1 is 1.47 bits per heavy atom. The summed E-state index contributed by atoms with van der Waals surface area (Å²) in [5, 5.41) is 0. The average molecular weight is 207 g/mol. The summed E-state index contributed by atoms with van der Waals surface area (Å²) in [6, 6.07) is 2.77. The maximum Gasteiger partial charge on any atom is 0.349 e.